The highest BCUT2D eigenvalue weighted by Crippen LogP contribution is 2.21. The van der Waals surface area contributed by atoms with Crippen LogP contribution in [-0.2, 0) is 4.79 Å². The van der Waals surface area contributed by atoms with E-state index in [9.17, 15) is 9.90 Å². The second-order valence-electron chi connectivity index (χ2n) is 5.03. The molecule has 18 heavy (non-hydrogen) atoms. The zero-order valence-corrected chi connectivity index (χ0v) is 11.2. The largest absolute Gasteiger partial charge is 0.386 e. The van der Waals surface area contributed by atoms with E-state index in [1.807, 2.05) is 25.1 Å². The van der Waals surface area contributed by atoms with Crippen LogP contribution in [0, 0.1) is 6.92 Å². The van der Waals surface area contributed by atoms with E-state index in [1.165, 1.54) is 6.08 Å². The molecule has 1 N–H and O–H groups in total. The van der Waals surface area contributed by atoms with Gasteiger partial charge in [0.05, 0.1) is 18.7 Å². The van der Waals surface area contributed by atoms with Crippen LogP contribution in [0.25, 0.3) is 6.08 Å². The van der Waals surface area contributed by atoms with E-state index in [2.05, 4.69) is 0 Å². The van der Waals surface area contributed by atoms with E-state index in [4.69, 9.17) is 11.6 Å². The number of hydrogen-bond acceptors (Lipinski definition) is 2. The summed E-state index contributed by atoms with van der Waals surface area (Å²) in [4.78, 5) is 13.3. The lowest BCUT2D eigenvalue weighted by Crippen LogP contribution is -2.61. The maximum atomic E-state index is 11.7. The van der Waals surface area contributed by atoms with E-state index >= 15 is 0 Å². The molecule has 0 saturated carbocycles. The van der Waals surface area contributed by atoms with Crippen molar-refractivity contribution < 1.29 is 9.90 Å². The van der Waals surface area contributed by atoms with E-state index in [1.54, 1.807) is 17.9 Å². The molecule has 0 aromatic heterocycles. The van der Waals surface area contributed by atoms with Crippen molar-refractivity contribution in [3.63, 3.8) is 0 Å². The minimum absolute atomic E-state index is 0.0850. The van der Waals surface area contributed by atoms with Crippen LogP contribution in [0.4, 0.5) is 0 Å². The monoisotopic (exact) mass is 265 g/mol. The van der Waals surface area contributed by atoms with E-state index < -0.39 is 5.60 Å². The van der Waals surface area contributed by atoms with Gasteiger partial charge in [0.1, 0.15) is 0 Å². The van der Waals surface area contributed by atoms with Gasteiger partial charge in [0.2, 0.25) is 5.91 Å². The van der Waals surface area contributed by atoms with Crippen LogP contribution < -0.4 is 0 Å². The van der Waals surface area contributed by atoms with Gasteiger partial charge in [0.25, 0.3) is 0 Å². The van der Waals surface area contributed by atoms with Crippen LogP contribution in [0.2, 0.25) is 5.02 Å². The smallest absolute Gasteiger partial charge is 0.246 e. The van der Waals surface area contributed by atoms with Crippen LogP contribution in [0.1, 0.15) is 18.1 Å². The Bertz CT molecular complexity index is 501. The third-order valence-electron chi connectivity index (χ3n) is 2.99. The summed E-state index contributed by atoms with van der Waals surface area (Å²) in [6.45, 7) is 4.44. The molecule has 1 heterocycles. The number of halogens is 1. The molecule has 96 valence electrons. The Balaban J connectivity index is 1.99. The lowest BCUT2D eigenvalue weighted by molar-refractivity contribution is -0.146. The van der Waals surface area contributed by atoms with Crippen LogP contribution in [-0.4, -0.2) is 34.6 Å². The first-order valence-corrected chi connectivity index (χ1v) is 6.21. The van der Waals surface area contributed by atoms with E-state index in [0.29, 0.717) is 18.1 Å². The molecule has 1 aliphatic heterocycles. The molecule has 1 aromatic carbocycles. The molecular weight excluding hydrogens is 250 g/mol. The zero-order valence-electron chi connectivity index (χ0n) is 10.5. The molecule has 0 aliphatic carbocycles. The SMILES string of the molecule is Cc1ccc(C=CC(=O)N2CC(C)(O)C2)cc1Cl. The number of rotatable bonds is 2. The summed E-state index contributed by atoms with van der Waals surface area (Å²) in [6.07, 6.45) is 3.25. The Morgan fingerprint density at radius 2 is 2.17 bits per heavy atom. The number of amides is 1. The molecule has 1 saturated heterocycles. The predicted octanol–water partition coefficient (Wildman–Crippen LogP) is 2.25. The second-order valence-corrected chi connectivity index (χ2v) is 5.44. The number of nitrogens with zero attached hydrogens (tertiary/aromatic N) is 1. The molecule has 4 heteroatoms. The van der Waals surface area contributed by atoms with Gasteiger partial charge in [0.15, 0.2) is 0 Å². The minimum Gasteiger partial charge on any atom is -0.386 e. The Kier molecular flexibility index (Phi) is 3.46. The number of aliphatic hydroxyl groups is 1. The van der Waals surface area contributed by atoms with Gasteiger partial charge in [-0.25, -0.2) is 0 Å². The first kappa shape index (κ1) is 13.1. The average Bonchev–Trinajstić information content (AvgIpc) is 2.27. The molecular formula is C14H16ClNO2. The number of β-amino-alcohol motifs (C(OH)–C–C–N with tert-alkyl or cyclic N) is 1. The van der Waals surface area contributed by atoms with Crippen molar-refractivity contribution in [2.24, 2.45) is 0 Å². The summed E-state index contributed by atoms with van der Waals surface area (Å²) in [7, 11) is 0. The van der Waals surface area contributed by atoms with Crippen molar-refractivity contribution in [2.75, 3.05) is 13.1 Å². The van der Waals surface area contributed by atoms with E-state index in [0.717, 1.165) is 11.1 Å². The third-order valence-corrected chi connectivity index (χ3v) is 3.40. The fourth-order valence-electron chi connectivity index (χ4n) is 1.92. The lowest BCUT2D eigenvalue weighted by Gasteiger charge is -2.43. The molecule has 0 radical (unpaired) electrons. The maximum absolute atomic E-state index is 11.7. The van der Waals surface area contributed by atoms with Crippen molar-refractivity contribution in [3.8, 4) is 0 Å². The molecule has 0 unspecified atom stereocenters. The molecule has 3 nitrogen and oxygen atoms in total. The van der Waals surface area contributed by atoms with Gasteiger partial charge in [-0.2, -0.15) is 0 Å². The number of hydrogen-bond donors (Lipinski definition) is 1. The molecule has 0 atom stereocenters. The standard InChI is InChI=1S/C14H16ClNO2/c1-10-3-4-11(7-12(10)15)5-6-13(17)16-8-14(2,18)9-16/h3-7,18H,8-9H2,1-2H3. The topological polar surface area (TPSA) is 40.5 Å². The highest BCUT2D eigenvalue weighted by Gasteiger charge is 2.38. The van der Waals surface area contributed by atoms with Crippen LogP contribution in [0.3, 0.4) is 0 Å². The number of likely N-dealkylation sites (tertiary alicyclic amines) is 1. The molecule has 1 fully saturated rings. The molecule has 0 spiro atoms. The first-order valence-electron chi connectivity index (χ1n) is 5.83. The summed E-state index contributed by atoms with van der Waals surface area (Å²) in [5, 5.41) is 10.2. The van der Waals surface area contributed by atoms with Crippen molar-refractivity contribution in [2.45, 2.75) is 19.4 Å². The van der Waals surface area contributed by atoms with Crippen LogP contribution in [0.15, 0.2) is 24.3 Å². The zero-order chi connectivity index (χ0) is 13.3. The molecule has 0 bridgehead atoms. The maximum Gasteiger partial charge on any atom is 0.246 e. The Morgan fingerprint density at radius 3 is 2.72 bits per heavy atom. The molecule has 1 aromatic rings. The average molecular weight is 266 g/mol. The first-order chi connectivity index (χ1) is 8.37. The number of carbonyl (C=O) groups is 1. The van der Waals surface area contributed by atoms with Gasteiger partial charge in [-0.15, -0.1) is 0 Å². The van der Waals surface area contributed by atoms with Gasteiger partial charge in [-0.1, -0.05) is 23.7 Å². The molecule has 1 amide bonds. The normalized spacial score (nSPS) is 17.9. The Morgan fingerprint density at radius 1 is 1.50 bits per heavy atom. The van der Waals surface area contributed by atoms with Crippen LogP contribution >= 0.6 is 11.6 Å². The fourth-order valence-corrected chi connectivity index (χ4v) is 2.11. The quantitative estimate of drug-likeness (QED) is 0.834. The van der Waals surface area contributed by atoms with Crippen molar-refractivity contribution in [3.05, 3.63) is 40.4 Å². The summed E-state index contributed by atoms with van der Waals surface area (Å²) < 4.78 is 0. The molecule has 2 rings (SSSR count). The van der Waals surface area contributed by atoms with Crippen molar-refractivity contribution >= 4 is 23.6 Å². The molecule has 1 aliphatic rings. The van der Waals surface area contributed by atoms with Crippen molar-refractivity contribution in [1.29, 1.82) is 0 Å². The summed E-state index contributed by atoms with van der Waals surface area (Å²) in [5.74, 6) is -0.0850. The van der Waals surface area contributed by atoms with Gasteiger partial charge < -0.3 is 10.0 Å². The Hall–Kier alpha value is -1.32. The minimum atomic E-state index is -0.726. The summed E-state index contributed by atoms with van der Waals surface area (Å²) in [6, 6.07) is 5.66. The van der Waals surface area contributed by atoms with Gasteiger partial charge in [-0.05, 0) is 37.1 Å². The third kappa shape index (κ3) is 2.92. The highest BCUT2D eigenvalue weighted by molar-refractivity contribution is 6.31. The van der Waals surface area contributed by atoms with E-state index in [-0.39, 0.29) is 5.91 Å². The highest BCUT2D eigenvalue weighted by atomic mass is 35.5. The number of benzene rings is 1. The lowest BCUT2D eigenvalue weighted by atomic mass is 9.97. The van der Waals surface area contributed by atoms with Gasteiger partial charge in [-0.3, -0.25) is 4.79 Å². The fraction of sp³-hybridized carbons (Fsp3) is 0.357. The summed E-state index contributed by atoms with van der Waals surface area (Å²) in [5.41, 5.74) is 1.18. The number of aryl methyl sites for hydroxylation is 1. The number of carbonyl (C=O) groups excluding carboxylic acids is 1. The van der Waals surface area contributed by atoms with Crippen molar-refractivity contribution in [1.82, 2.24) is 4.90 Å². The second kappa shape index (κ2) is 4.75. The van der Waals surface area contributed by atoms with Crippen LogP contribution in [0.5, 0.6) is 0 Å². The predicted molar refractivity (Wildman–Crippen MR) is 72.4 cm³/mol. The van der Waals surface area contributed by atoms with Gasteiger partial charge >= 0.3 is 0 Å². The van der Waals surface area contributed by atoms with Gasteiger partial charge in [0, 0.05) is 11.1 Å². The Labute approximate surface area is 112 Å². The summed E-state index contributed by atoms with van der Waals surface area (Å²) >= 11 is 6.01.